The molecule has 0 spiro atoms. The number of nitrogens with zero attached hydrogens (tertiary/aromatic N) is 2. The summed E-state index contributed by atoms with van der Waals surface area (Å²) in [5, 5.41) is 7.04. The van der Waals surface area contributed by atoms with Crippen molar-refractivity contribution in [3.05, 3.63) is 45.9 Å². The maximum atomic E-state index is 12.6. The third kappa shape index (κ3) is 5.35. The molecule has 1 saturated heterocycles. The number of para-hydroxylation sites is 1. The largest absolute Gasteiger partial charge is 0.346 e. The fraction of sp³-hybridized carbons (Fsp3) is 0.500. The predicted octanol–water partition coefficient (Wildman–Crippen LogP) is 4.78. The van der Waals surface area contributed by atoms with Gasteiger partial charge in [0.2, 0.25) is 0 Å². The van der Waals surface area contributed by atoms with Crippen molar-refractivity contribution in [2.45, 2.75) is 58.4 Å². The minimum atomic E-state index is -0.231. The highest BCUT2D eigenvalue weighted by molar-refractivity contribution is 7.13. The summed E-state index contributed by atoms with van der Waals surface area (Å²) in [7, 11) is 0. The number of thiazole rings is 1. The van der Waals surface area contributed by atoms with Gasteiger partial charge in [-0.2, -0.15) is 0 Å². The monoisotopic (exact) mass is 414 g/mol. The fourth-order valence-electron chi connectivity index (χ4n) is 3.31. The minimum absolute atomic E-state index is 0.0437. The van der Waals surface area contributed by atoms with E-state index in [1.54, 1.807) is 0 Å². The fourth-order valence-corrected chi connectivity index (χ4v) is 4.44. The molecule has 1 aliphatic rings. The number of hydrogen-bond donors (Lipinski definition) is 2. The Kier molecular flexibility index (Phi) is 6.57. The Morgan fingerprint density at radius 1 is 1.21 bits per heavy atom. The molecule has 6 nitrogen and oxygen atoms in total. The standard InChI is InChI=1S/C22H30N4O2S/c1-5-22(3,4)25-19(27)18-15(2)23-20(29-18)16-11-13-26(14-12-16)21(28)24-17-9-7-6-8-10-17/h6-10,16H,5,11-14H2,1-4H3,(H,24,28)(H,25,27). The van der Waals surface area contributed by atoms with Crippen LogP contribution in [0, 0.1) is 6.92 Å². The average molecular weight is 415 g/mol. The van der Waals surface area contributed by atoms with Gasteiger partial charge in [0.15, 0.2) is 0 Å². The first-order chi connectivity index (χ1) is 13.8. The van der Waals surface area contributed by atoms with Crippen molar-refractivity contribution >= 4 is 29.0 Å². The molecule has 0 bridgehead atoms. The summed E-state index contributed by atoms with van der Waals surface area (Å²) in [5.74, 6) is 0.248. The zero-order chi connectivity index (χ0) is 21.0. The zero-order valence-electron chi connectivity index (χ0n) is 17.6. The van der Waals surface area contributed by atoms with Crippen molar-refractivity contribution in [2.75, 3.05) is 18.4 Å². The van der Waals surface area contributed by atoms with E-state index in [1.165, 1.54) is 11.3 Å². The van der Waals surface area contributed by atoms with E-state index in [1.807, 2.05) is 56.0 Å². The number of anilines is 1. The number of carbonyl (C=O) groups excluding carboxylic acids is 2. The number of likely N-dealkylation sites (tertiary alicyclic amines) is 1. The molecule has 0 atom stereocenters. The third-order valence-electron chi connectivity index (χ3n) is 5.51. The molecule has 2 N–H and O–H groups in total. The van der Waals surface area contributed by atoms with Crippen molar-refractivity contribution in [3.8, 4) is 0 Å². The van der Waals surface area contributed by atoms with Crippen LogP contribution in [0.15, 0.2) is 30.3 Å². The number of amides is 3. The van der Waals surface area contributed by atoms with Crippen molar-refractivity contribution in [3.63, 3.8) is 0 Å². The van der Waals surface area contributed by atoms with E-state index in [0.29, 0.717) is 23.9 Å². The van der Waals surface area contributed by atoms with Gasteiger partial charge >= 0.3 is 6.03 Å². The summed E-state index contributed by atoms with van der Waals surface area (Å²) in [5.41, 5.74) is 1.37. The topological polar surface area (TPSA) is 74.3 Å². The first-order valence-corrected chi connectivity index (χ1v) is 11.0. The van der Waals surface area contributed by atoms with Crippen LogP contribution >= 0.6 is 11.3 Å². The van der Waals surface area contributed by atoms with E-state index in [4.69, 9.17) is 0 Å². The lowest BCUT2D eigenvalue weighted by molar-refractivity contribution is 0.0914. The Bertz CT molecular complexity index is 855. The van der Waals surface area contributed by atoms with Gasteiger partial charge in [-0.3, -0.25) is 4.79 Å². The molecule has 3 amide bonds. The van der Waals surface area contributed by atoms with E-state index in [0.717, 1.165) is 35.7 Å². The van der Waals surface area contributed by atoms with Gasteiger partial charge in [-0.15, -0.1) is 11.3 Å². The van der Waals surface area contributed by atoms with Crippen LogP contribution in [0.1, 0.15) is 66.3 Å². The molecule has 1 aliphatic heterocycles. The number of aryl methyl sites for hydroxylation is 1. The van der Waals surface area contributed by atoms with Gasteiger partial charge in [-0.25, -0.2) is 9.78 Å². The number of carbonyl (C=O) groups is 2. The van der Waals surface area contributed by atoms with E-state index < -0.39 is 0 Å². The molecule has 1 fully saturated rings. The van der Waals surface area contributed by atoms with E-state index in [-0.39, 0.29) is 17.5 Å². The summed E-state index contributed by atoms with van der Waals surface area (Å²) < 4.78 is 0. The lowest BCUT2D eigenvalue weighted by Crippen LogP contribution is -2.42. The Balaban J connectivity index is 1.58. The van der Waals surface area contributed by atoms with E-state index in [2.05, 4.69) is 22.5 Å². The third-order valence-corrected chi connectivity index (χ3v) is 6.83. The quantitative estimate of drug-likeness (QED) is 0.739. The van der Waals surface area contributed by atoms with Gasteiger partial charge < -0.3 is 15.5 Å². The van der Waals surface area contributed by atoms with Crippen LogP contribution in [0.2, 0.25) is 0 Å². The number of piperidine rings is 1. The second-order valence-electron chi connectivity index (χ2n) is 8.22. The molecular formula is C22H30N4O2S. The molecule has 1 aromatic carbocycles. The minimum Gasteiger partial charge on any atom is -0.346 e. The predicted molar refractivity (Wildman–Crippen MR) is 118 cm³/mol. The second kappa shape index (κ2) is 8.95. The maximum Gasteiger partial charge on any atom is 0.321 e. The lowest BCUT2D eigenvalue weighted by atomic mass is 9.98. The molecular weight excluding hydrogens is 384 g/mol. The molecule has 1 aromatic heterocycles. The van der Waals surface area contributed by atoms with Gasteiger partial charge in [0.1, 0.15) is 4.88 Å². The molecule has 2 aromatic rings. The zero-order valence-corrected chi connectivity index (χ0v) is 18.4. The number of benzene rings is 1. The van der Waals surface area contributed by atoms with Gasteiger partial charge in [0, 0.05) is 30.2 Å². The highest BCUT2D eigenvalue weighted by atomic mass is 32.1. The van der Waals surface area contributed by atoms with Crippen molar-refractivity contribution in [1.29, 1.82) is 0 Å². The Hall–Kier alpha value is -2.41. The van der Waals surface area contributed by atoms with Crippen molar-refractivity contribution in [2.24, 2.45) is 0 Å². The molecule has 0 aliphatic carbocycles. The molecule has 2 heterocycles. The van der Waals surface area contributed by atoms with Gasteiger partial charge in [-0.1, -0.05) is 25.1 Å². The second-order valence-corrected chi connectivity index (χ2v) is 9.25. The van der Waals surface area contributed by atoms with E-state index in [9.17, 15) is 9.59 Å². The average Bonchev–Trinajstić information content (AvgIpc) is 3.10. The van der Waals surface area contributed by atoms with Crippen LogP contribution in [0.3, 0.4) is 0 Å². The van der Waals surface area contributed by atoms with Crippen LogP contribution in [0.4, 0.5) is 10.5 Å². The number of hydrogen-bond acceptors (Lipinski definition) is 4. The first kappa shape index (κ1) is 21.3. The van der Waals surface area contributed by atoms with Gasteiger partial charge in [-0.05, 0) is 52.2 Å². The van der Waals surface area contributed by atoms with Gasteiger partial charge in [0.25, 0.3) is 5.91 Å². The van der Waals surface area contributed by atoms with Crippen LogP contribution in [-0.2, 0) is 0 Å². The highest BCUT2D eigenvalue weighted by Crippen LogP contribution is 2.33. The summed E-state index contributed by atoms with van der Waals surface area (Å²) in [4.78, 5) is 32.4. The smallest absolute Gasteiger partial charge is 0.321 e. The normalized spacial score (nSPS) is 15.2. The van der Waals surface area contributed by atoms with Crippen LogP contribution in [0.5, 0.6) is 0 Å². The number of rotatable bonds is 5. The molecule has 0 saturated carbocycles. The number of urea groups is 1. The van der Waals surface area contributed by atoms with E-state index >= 15 is 0 Å². The first-order valence-electron chi connectivity index (χ1n) is 10.2. The summed E-state index contributed by atoms with van der Waals surface area (Å²) >= 11 is 1.50. The SMILES string of the molecule is CCC(C)(C)NC(=O)c1sc(C2CCN(C(=O)Nc3ccccc3)CC2)nc1C. The summed E-state index contributed by atoms with van der Waals surface area (Å²) in [6, 6.07) is 9.44. The van der Waals surface area contributed by atoms with Crippen LogP contribution in [0.25, 0.3) is 0 Å². The molecule has 3 rings (SSSR count). The number of aromatic nitrogens is 1. The van der Waals surface area contributed by atoms with Crippen molar-refractivity contribution < 1.29 is 9.59 Å². The Labute approximate surface area is 176 Å². The maximum absolute atomic E-state index is 12.6. The van der Waals surface area contributed by atoms with Crippen molar-refractivity contribution in [1.82, 2.24) is 15.2 Å². The highest BCUT2D eigenvalue weighted by Gasteiger charge is 2.28. The molecule has 29 heavy (non-hydrogen) atoms. The molecule has 7 heteroatoms. The lowest BCUT2D eigenvalue weighted by Gasteiger charge is -2.31. The van der Waals surface area contributed by atoms with Crippen LogP contribution < -0.4 is 10.6 Å². The summed E-state index contributed by atoms with van der Waals surface area (Å²) in [6.45, 7) is 9.39. The van der Waals surface area contributed by atoms with Crippen LogP contribution in [-0.4, -0.2) is 40.5 Å². The number of nitrogens with one attached hydrogen (secondary N) is 2. The molecule has 156 valence electrons. The molecule has 0 unspecified atom stereocenters. The Morgan fingerprint density at radius 2 is 1.86 bits per heavy atom. The summed E-state index contributed by atoms with van der Waals surface area (Å²) in [6.07, 6.45) is 2.58. The molecule has 0 radical (unpaired) electrons. The van der Waals surface area contributed by atoms with Gasteiger partial charge in [0.05, 0.1) is 10.7 Å². The Morgan fingerprint density at radius 3 is 2.48 bits per heavy atom.